The molecule has 1 amide bonds. The number of rotatable bonds is 6. The second-order valence-electron chi connectivity index (χ2n) is 6.84. The predicted molar refractivity (Wildman–Crippen MR) is 105 cm³/mol. The van der Waals surface area contributed by atoms with Crippen LogP contribution in [0.1, 0.15) is 24.0 Å². The summed E-state index contributed by atoms with van der Waals surface area (Å²) in [5.74, 6) is -0.0417. The molecule has 0 spiro atoms. The number of non-ortho nitro benzene ring substituents is 1. The number of nitrogens with one attached hydrogen (secondary N) is 1. The number of carbonyl (C=O) groups excluding carboxylic acids is 1. The molecule has 1 N–H and O–H groups in total. The quantitative estimate of drug-likeness (QED) is 0.607. The van der Waals surface area contributed by atoms with Gasteiger partial charge in [0.15, 0.2) is 0 Å². The Kier molecular flexibility index (Phi) is 6.42. The van der Waals surface area contributed by atoms with Crippen LogP contribution in [0.4, 0.5) is 5.69 Å². The van der Waals surface area contributed by atoms with Gasteiger partial charge in [0, 0.05) is 42.8 Å². The third-order valence-electron chi connectivity index (χ3n) is 4.78. The molecule has 142 valence electrons. The van der Waals surface area contributed by atoms with Crippen molar-refractivity contribution in [3.8, 4) is 0 Å². The lowest BCUT2D eigenvalue weighted by Crippen LogP contribution is -2.44. The fourth-order valence-electron chi connectivity index (χ4n) is 3.28. The standard InChI is InChI=1S/C20H22ClN3O3/c21-17-5-1-16(2-6-17)14-23-11-9-18(10-12-23)22-20(25)13-15-3-7-19(8-4-15)24(26)27/h1-8,18H,9-14H2,(H,22,25). The second kappa shape index (κ2) is 8.97. The summed E-state index contributed by atoms with van der Waals surface area (Å²) in [5, 5.41) is 14.5. The summed E-state index contributed by atoms with van der Waals surface area (Å²) in [5.41, 5.74) is 2.05. The molecule has 2 aromatic rings. The van der Waals surface area contributed by atoms with Crippen molar-refractivity contribution in [1.82, 2.24) is 10.2 Å². The Morgan fingerprint density at radius 2 is 1.67 bits per heavy atom. The highest BCUT2D eigenvalue weighted by molar-refractivity contribution is 6.30. The van der Waals surface area contributed by atoms with Gasteiger partial charge in [-0.15, -0.1) is 0 Å². The molecule has 6 nitrogen and oxygen atoms in total. The second-order valence-corrected chi connectivity index (χ2v) is 7.28. The van der Waals surface area contributed by atoms with Crippen LogP contribution < -0.4 is 5.32 Å². The number of amides is 1. The average Bonchev–Trinajstić information content (AvgIpc) is 2.65. The van der Waals surface area contributed by atoms with E-state index in [-0.39, 0.29) is 24.1 Å². The SMILES string of the molecule is O=C(Cc1ccc([N+](=O)[O-])cc1)NC1CCN(Cc2ccc(Cl)cc2)CC1. The van der Waals surface area contributed by atoms with Crippen molar-refractivity contribution in [1.29, 1.82) is 0 Å². The van der Waals surface area contributed by atoms with E-state index in [1.165, 1.54) is 17.7 Å². The van der Waals surface area contributed by atoms with Crippen LogP contribution in [0.2, 0.25) is 5.02 Å². The molecule has 0 saturated carbocycles. The van der Waals surface area contributed by atoms with E-state index in [2.05, 4.69) is 10.2 Å². The van der Waals surface area contributed by atoms with E-state index in [0.717, 1.165) is 43.1 Å². The fourth-order valence-corrected chi connectivity index (χ4v) is 3.41. The molecular weight excluding hydrogens is 366 g/mol. The molecule has 0 bridgehead atoms. The lowest BCUT2D eigenvalue weighted by Gasteiger charge is -2.32. The monoisotopic (exact) mass is 387 g/mol. The van der Waals surface area contributed by atoms with E-state index in [4.69, 9.17) is 11.6 Å². The van der Waals surface area contributed by atoms with Gasteiger partial charge in [0.05, 0.1) is 11.3 Å². The zero-order chi connectivity index (χ0) is 19.2. The van der Waals surface area contributed by atoms with Gasteiger partial charge in [-0.05, 0) is 36.1 Å². The summed E-state index contributed by atoms with van der Waals surface area (Å²) in [6, 6.07) is 14.2. The molecule has 1 aliphatic rings. The van der Waals surface area contributed by atoms with Gasteiger partial charge in [0.2, 0.25) is 5.91 Å². The third-order valence-corrected chi connectivity index (χ3v) is 5.04. The number of carbonyl (C=O) groups is 1. The number of piperidine rings is 1. The highest BCUT2D eigenvalue weighted by Gasteiger charge is 2.21. The number of halogens is 1. The number of hydrogen-bond donors (Lipinski definition) is 1. The van der Waals surface area contributed by atoms with Crippen LogP contribution in [0.3, 0.4) is 0 Å². The molecule has 0 unspecified atom stereocenters. The molecule has 1 fully saturated rings. The number of benzene rings is 2. The number of hydrogen-bond acceptors (Lipinski definition) is 4. The molecule has 27 heavy (non-hydrogen) atoms. The van der Waals surface area contributed by atoms with Crippen molar-refractivity contribution in [2.45, 2.75) is 31.8 Å². The Bertz CT molecular complexity index is 785. The summed E-state index contributed by atoms with van der Waals surface area (Å²) in [6.07, 6.45) is 2.07. The molecule has 0 atom stereocenters. The van der Waals surface area contributed by atoms with E-state index < -0.39 is 4.92 Å². The van der Waals surface area contributed by atoms with E-state index in [1.807, 2.05) is 24.3 Å². The first-order chi connectivity index (χ1) is 13.0. The number of nitro groups is 1. The van der Waals surface area contributed by atoms with E-state index >= 15 is 0 Å². The van der Waals surface area contributed by atoms with Crippen LogP contribution in [0, 0.1) is 10.1 Å². The smallest absolute Gasteiger partial charge is 0.269 e. The summed E-state index contributed by atoms with van der Waals surface area (Å²) < 4.78 is 0. The first-order valence-electron chi connectivity index (χ1n) is 8.99. The summed E-state index contributed by atoms with van der Waals surface area (Å²) in [4.78, 5) is 24.8. The normalized spacial score (nSPS) is 15.4. The topological polar surface area (TPSA) is 75.5 Å². The first-order valence-corrected chi connectivity index (χ1v) is 9.37. The molecule has 1 aliphatic heterocycles. The van der Waals surface area contributed by atoms with Crippen molar-refractivity contribution in [2.24, 2.45) is 0 Å². The molecule has 0 radical (unpaired) electrons. The third kappa shape index (κ3) is 5.77. The van der Waals surface area contributed by atoms with E-state index in [9.17, 15) is 14.9 Å². The molecule has 0 aromatic heterocycles. The zero-order valence-corrected chi connectivity index (χ0v) is 15.7. The van der Waals surface area contributed by atoms with Crippen molar-refractivity contribution < 1.29 is 9.72 Å². The number of likely N-dealkylation sites (tertiary alicyclic amines) is 1. The fraction of sp³-hybridized carbons (Fsp3) is 0.350. The van der Waals surface area contributed by atoms with Crippen LogP contribution in [-0.4, -0.2) is 34.9 Å². The predicted octanol–water partition coefficient (Wildman–Crippen LogP) is 3.57. The Morgan fingerprint density at radius 1 is 1.07 bits per heavy atom. The minimum absolute atomic E-state index is 0.0345. The summed E-state index contributed by atoms with van der Waals surface area (Å²) in [6.45, 7) is 2.76. The largest absolute Gasteiger partial charge is 0.353 e. The van der Waals surface area contributed by atoms with E-state index in [1.54, 1.807) is 12.1 Å². The number of nitro benzene ring substituents is 1. The van der Waals surface area contributed by atoms with Crippen molar-refractivity contribution in [3.63, 3.8) is 0 Å². The lowest BCUT2D eigenvalue weighted by atomic mass is 10.0. The van der Waals surface area contributed by atoms with Gasteiger partial charge in [-0.1, -0.05) is 35.9 Å². The van der Waals surface area contributed by atoms with Gasteiger partial charge in [0.25, 0.3) is 5.69 Å². The van der Waals surface area contributed by atoms with Crippen LogP contribution in [-0.2, 0) is 17.8 Å². The molecule has 3 rings (SSSR count). The summed E-state index contributed by atoms with van der Waals surface area (Å²) >= 11 is 5.92. The molecule has 0 aliphatic carbocycles. The van der Waals surface area contributed by atoms with Crippen LogP contribution in [0.25, 0.3) is 0 Å². The molecule has 7 heteroatoms. The van der Waals surface area contributed by atoms with Gasteiger partial charge in [-0.3, -0.25) is 19.8 Å². The highest BCUT2D eigenvalue weighted by atomic mass is 35.5. The molecule has 1 heterocycles. The highest BCUT2D eigenvalue weighted by Crippen LogP contribution is 2.16. The first kappa shape index (κ1) is 19.3. The van der Waals surface area contributed by atoms with Gasteiger partial charge >= 0.3 is 0 Å². The molecular formula is C20H22ClN3O3. The van der Waals surface area contributed by atoms with Gasteiger partial charge in [-0.25, -0.2) is 0 Å². The van der Waals surface area contributed by atoms with Crippen LogP contribution >= 0.6 is 11.6 Å². The van der Waals surface area contributed by atoms with Crippen LogP contribution in [0.15, 0.2) is 48.5 Å². The molecule has 2 aromatic carbocycles. The lowest BCUT2D eigenvalue weighted by molar-refractivity contribution is -0.384. The minimum Gasteiger partial charge on any atom is -0.353 e. The van der Waals surface area contributed by atoms with Gasteiger partial charge in [0.1, 0.15) is 0 Å². The Balaban J connectivity index is 1.42. The van der Waals surface area contributed by atoms with Gasteiger partial charge in [-0.2, -0.15) is 0 Å². The maximum Gasteiger partial charge on any atom is 0.269 e. The van der Waals surface area contributed by atoms with E-state index in [0.29, 0.717) is 0 Å². The minimum atomic E-state index is -0.443. The summed E-state index contributed by atoms with van der Waals surface area (Å²) in [7, 11) is 0. The Morgan fingerprint density at radius 3 is 2.26 bits per heavy atom. The van der Waals surface area contributed by atoms with Crippen molar-refractivity contribution >= 4 is 23.2 Å². The van der Waals surface area contributed by atoms with Crippen LogP contribution in [0.5, 0.6) is 0 Å². The maximum absolute atomic E-state index is 12.2. The average molecular weight is 388 g/mol. The Labute approximate surface area is 163 Å². The maximum atomic E-state index is 12.2. The van der Waals surface area contributed by atoms with Crippen molar-refractivity contribution in [3.05, 3.63) is 74.8 Å². The van der Waals surface area contributed by atoms with Crippen molar-refractivity contribution in [2.75, 3.05) is 13.1 Å². The Hall–Kier alpha value is -2.44. The van der Waals surface area contributed by atoms with Gasteiger partial charge < -0.3 is 5.32 Å². The molecule has 1 saturated heterocycles. The number of nitrogens with zero attached hydrogens (tertiary/aromatic N) is 2. The zero-order valence-electron chi connectivity index (χ0n) is 14.9.